The number of nitrogens with zero attached hydrogens (tertiary/aromatic N) is 2. The Kier molecular flexibility index (Phi) is 4.68. The number of Topliss-reactive ketones (excluding diaryl/α,β-unsaturated/α-hetero) is 1. The minimum atomic E-state index is 0.174. The highest BCUT2D eigenvalue weighted by atomic mass is 79.9. The topological polar surface area (TPSA) is 52.1 Å². The number of carbonyl (C=O) groups excluding carboxylic acids is 1. The molecule has 4 nitrogen and oxygen atoms in total. The second-order valence-electron chi connectivity index (χ2n) is 3.50. The zero-order valence-electron chi connectivity index (χ0n) is 8.74. The lowest BCUT2D eigenvalue weighted by atomic mass is 10.1. The highest BCUT2D eigenvalue weighted by Crippen LogP contribution is 2.10. The summed E-state index contributed by atoms with van der Waals surface area (Å²) in [6.45, 7) is 4.03. The number of halogens is 1. The van der Waals surface area contributed by atoms with Gasteiger partial charge in [0.05, 0.1) is 19.0 Å². The number of carbonyl (C=O) groups is 1. The summed E-state index contributed by atoms with van der Waals surface area (Å²) in [6, 6.07) is 0. The van der Waals surface area contributed by atoms with Crippen molar-refractivity contribution in [3.05, 3.63) is 17.0 Å². The molecule has 0 unspecified atom stereocenters. The van der Waals surface area contributed by atoms with Crippen molar-refractivity contribution in [3.63, 3.8) is 0 Å². The van der Waals surface area contributed by atoms with Crippen molar-refractivity contribution in [3.8, 4) is 5.88 Å². The van der Waals surface area contributed by atoms with Gasteiger partial charge in [0.2, 0.25) is 5.88 Å². The van der Waals surface area contributed by atoms with Crippen molar-refractivity contribution >= 4 is 21.7 Å². The Morgan fingerprint density at radius 3 is 2.80 bits per heavy atom. The lowest BCUT2D eigenvalue weighted by Crippen LogP contribution is -2.12. The standard InChI is InChI=1S/C10H13BrN2O2/c1-7(3-8(2)14)6-15-10-5-12-9(11)4-13-10/h4-5,7H,3,6H2,1-2H3/t7-/m1/s1. The van der Waals surface area contributed by atoms with Gasteiger partial charge in [-0.1, -0.05) is 6.92 Å². The van der Waals surface area contributed by atoms with Crippen LogP contribution < -0.4 is 4.74 Å². The van der Waals surface area contributed by atoms with Gasteiger partial charge in [-0.15, -0.1) is 0 Å². The third-order valence-electron chi connectivity index (χ3n) is 1.75. The van der Waals surface area contributed by atoms with Crippen LogP contribution in [0.1, 0.15) is 20.3 Å². The van der Waals surface area contributed by atoms with E-state index in [1.54, 1.807) is 19.3 Å². The molecule has 1 rings (SSSR count). The number of ketones is 1. The van der Waals surface area contributed by atoms with Gasteiger partial charge in [0.15, 0.2) is 0 Å². The van der Waals surface area contributed by atoms with Crippen LogP contribution in [0.25, 0.3) is 0 Å². The molecule has 1 aromatic heterocycles. The third-order valence-corrected chi connectivity index (χ3v) is 2.16. The lowest BCUT2D eigenvalue weighted by Gasteiger charge is -2.10. The number of hydrogen-bond acceptors (Lipinski definition) is 4. The molecule has 0 aliphatic heterocycles. The zero-order chi connectivity index (χ0) is 11.3. The second-order valence-corrected chi connectivity index (χ2v) is 4.31. The summed E-state index contributed by atoms with van der Waals surface area (Å²) in [5.74, 6) is 0.856. The first-order valence-corrected chi connectivity index (χ1v) is 5.47. The van der Waals surface area contributed by atoms with Crippen molar-refractivity contribution in [1.82, 2.24) is 9.97 Å². The van der Waals surface area contributed by atoms with Crippen LogP contribution in [0.4, 0.5) is 0 Å². The first-order chi connectivity index (χ1) is 7.08. The first kappa shape index (κ1) is 12.1. The van der Waals surface area contributed by atoms with Gasteiger partial charge in [0.1, 0.15) is 10.4 Å². The monoisotopic (exact) mass is 272 g/mol. The number of aromatic nitrogens is 2. The van der Waals surface area contributed by atoms with E-state index in [9.17, 15) is 4.79 Å². The average Bonchev–Trinajstić information content (AvgIpc) is 2.16. The Morgan fingerprint density at radius 1 is 1.53 bits per heavy atom. The fourth-order valence-electron chi connectivity index (χ4n) is 1.15. The predicted octanol–water partition coefficient (Wildman–Crippen LogP) is 2.23. The summed E-state index contributed by atoms with van der Waals surface area (Å²) >= 11 is 3.18. The van der Waals surface area contributed by atoms with E-state index in [-0.39, 0.29) is 11.7 Å². The molecule has 0 saturated carbocycles. The van der Waals surface area contributed by atoms with E-state index in [1.807, 2.05) is 6.92 Å². The van der Waals surface area contributed by atoms with E-state index in [4.69, 9.17) is 4.74 Å². The van der Waals surface area contributed by atoms with E-state index in [0.29, 0.717) is 23.5 Å². The molecule has 1 heterocycles. The zero-order valence-corrected chi connectivity index (χ0v) is 10.3. The maximum atomic E-state index is 10.8. The molecular weight excluding hydrogens is 260 g/mol. The summed E-state index contributed by atoms with van der Waals surface area (Å²) in [7, 11) is 0. The highest BCUT2D eigenvalue weighted by Gasteiger charge is 2.06. The van der Waals surface area contributed by atoms with Gasteiger partial charge in [0.25, 0.3) is 0 Å². The van der Waals surface area contributed by atoms with Gasteiger partial charge in [-0.2, -0.15) is 0 Å². The molecule has 0 N–H and O–H groups in total. The van der Waals surface area contributed by atoms with Crippen LogP contribution >= 0.6 is 15.9 Å². The van der Waals surface area contributed by atoms with Gasteiger partial charge in [-0.25, -0.2) is 9.97 Å². The normalized spacial score (nSPS) is 12.2. The van der Waals surface area contributed by atoms with E-state index in [0.717, 1.165) is 0 Å². The lowest BCUT2D eigenvalue weighted by molar-refractivity contribution is -0.118. The second kappa shape index (κ2) is 5.80. The molecule has 15 heavy (non-hydrogen) atoms. The van der Waals surface area contributed by atoms with Crippen LogP contribution in [0.15, 0.2) is 17.0 Å². The van der Waals surface area contributed by atoms with E-state index in [2.05, 4.69) is 25.9 Å². The van der Waals surface area contributed by atoms with Gasteiger partial charge in [-0.05, 0) is 28.8 Å². The van der Waals surface area contributed by atoms with Crippen LogP contribution in [-0.4, -0.2) is 22.4 Å². The SMILES string of the molecule is CC(=O)C[C@@H](C)COc1cnc(Br)cn1. The van der Waals surface area contributed by atoms with E-state index < -0.39 is 0 Å². The molecule has 0 aliphatic carbocycles. The maximum absolute atomic E-state index is 10.8. The predicted molar refractivity (Wildman–Crippen MR) is 59.7 cm³/mol. The van der Waals surface area contributed by atoms with Crippen molar-refractivity contribution in [1.29, 1.82) is 0 Å². The Hall–Kier alpha value is -0.970. The van der Waals surface area contributed by atoms with Gasteiger partial charge in [0, 0.05) is 6.42 Å². The number of rotatable bonds is 5. The Morgan fingerprint density at radius 2 is 2.27 bits per heavy atom. The Balaban J connectivity index is 2.36. The smallest absolute Gasteiger partial charge is 0.232 e. The third kappa shape index (κ3) is 4.88. The molecule has 0 saturated heterocycles. The Labute approximate surface area is 97.2 Å². The molecule has 0 radical (unpaired) electrons. The van der Waals surface area contributed by atoms with Crippen molar-refractivity contribution in [2.75, 3.05) is 6.61 Å². The highest BCUT2D eigenvalue weighted by molar-refractivity contribution is 9.10. The molecule has 1 atom stereocenters. The molecular formula is C10H13BrN2O2. The quantitative estimate of drug-likeness (QED) is 0.825. The van der Waals surface area contributed by atoms with E-state index >= 15 is 0 Å². The van der Waals surface area contributed by atoms with Crippen LogP contribution in [-0.2, 0) is 4.79 Å². The van der Waals surface area contributed by atoms with E-state index in [1.165, 1.54) is 0 Å². The molecule has 82 valence electrons. The van der Waals surface area contributed by atoms with Crippen molar-refractivity contribution < 1.29 is 9.53 Å². The summed E-state index contributed by atoms with van der Waals surface area (Å²) < 4.78 is 6.05. The van der Waals surface area contributed by atoms with Crippen LogP contribution in [0, 0.1) is 5.92 Å². The molecule has 0 aliphatic rings. The maximum Gasteiger partial charge on any atom is 0.232 e. The summed E-state index contributed by atoms with van der Waals surface area (Å²) in [5, 5.41) is 0. The largest absolute Gasteiger partial charge is 0.476 e. The molecule has 0 spiro atoms. The fourth-order valence-corrected chi connectivity index (χ4v) is 1.36. The number of ether oxygens (including phenoxy) is 1. The van der Waals surface area contributed by atoms with Crippen LogP contribution in [0.2, 0.25) is 0 Å². The molecule has 0 fully saturated rings. The summed E-state index contributed by atoms with van der Waals surface area (Å²) in [5.41, 5.74) is 0. The molecule has 5 heteroatoms. The Bertz CT molecular complexity index is 327. The first-order valence-electron chi connectivity index (χ1n) is 4.67. The molecule has 1 aromatic rings. The minimum Gasteiger partial charge on any atom is -0.476 e. The van der Waals surface area contributed by atoms with Gasteiger partial charge < -0.3 is 9.53 Å². The molecule has 0 bridgehead atoms. The van der Waals surface area contributed by atoms with Crippen LogP contribution in [0.5, 0.6) is 5.88 Å². The van der Waals surface area contributed by atoms with Gasteiger partial charge in [-0.3, -0.25) is 0 Å². The van der Waals surface area contributed by atoms with Crippen molar-refractivity contribution in [2.45, 2.75) is 20.3 Å². The molecule has 0 aromatic carbocycles. The van der Waals surface area contributed by atoms with Crippen LogP contribution in [0.3, 0.4) is 0 Å². The average molecular weight is 273 g/mol. The fraction of sp³-hybridized carbons (Fsp3) is 0.500. The van der Waals surface area contributed by atoms with Gasteiger partial charge >= 0.3 is 0 Å². The summed E-state index contributed by atoms with van der Waals surface area (Å²) in [6.07, 6.45) is 3.65. The number of hydrogen-bond donors (Lipinski definition) is 0. The minimum absolute atomic E-state index is 0.174. The molecule has 0 amide bonds. The van der Waals surface area contributed by atoms with Crippen molar-refractivity contribution in [2.24, 2.45) is 5.92 Å². The summed E-state index contributed by atoms with van der Waals surface area (Å²) in [4.78, 5) is 18.8.